The second-order valence-electron chi connectivity index (χ2n) is 15.2. The highest BCUT2D eigenvalue weighted by Crippen LogP contribution is 2.65. The number of ether oxygens (including phenoxy) is 1. The molecular weight excluding hydrogens is 537 g/mol. The number of likely N-dealkylation sites (tertiary alicyclic amines) is 1. The number of rotatable bonds is 9. The summed E-state index contributed by atoms with van der Waals surface area (Å²) >= 11 is 0. The van der Waals surface area contributed by atoms with Crippen LogP contribution in [-0.4, -0.2) is 77.6 Å². The maximum absolute atomic E-state index is 13.6. The highest BCUT2D eigenvalue weighted by Gasteiger charge is 2.68. The lowest BCUT2D eigenvalue weighted by Gasteiger charge is -2.64. The van der Waals surface area contributed by atoms with Gasteiger partial charge in [0.05, 0.1) is 23.7 Å². The molecule has 8 unspecified atom stereocenters. The van der Waals surface area contributed by atoms with Gasteiger partial charge in [0.2, 0.25) is 11.8 Å². The van der Waals surface area contributed by atoms with E-state index in [0.717, 1.165) is 12.8 Å². The molecule has 5 rings (SSSR count). The summed E-state index contributed by atoms with van der Waals surface area (Å²) < 4.78 is 18.4. The first-order valence-electron chi connectivity index (χ1n) is 15.8. The first-order chi connectivity index (χ1) is 19.3. The molecule has 3 amide bonds. The van der Waals surface area contributed by atoms with Gasteiger partial charge in [0.25, 0.3) is 0 Å². The third-order valence-electron chi connectivity index (χ3n) is 10.3. The van der Waals surface area contributed by atoms with Crippen molar-refractivity contribution in [2.75, 3.05) is 6.54 Å². The molecule has 0 aromatic heterocycles. The molecule has 2 heterocycles. The summed E-state index contributed by atoms with van der Waals surface area (Å²) in [7, 11) is -0.542. The van der Waals surface area contributed by atoms with Gasteiger partial charge in [-0.15, -0.1) is 0 Å². The lowest BCUT2D eigenvalue weighted by Crippen LogP contribution is -2.65. The van der Waals surface area contributed by atoms with Crippen LogP contribution in [0.5, 0.6) is 0 Å². The molecule has 2 aliphatic heterocycles. The first kappa shape index (κ1) is 32.8. The number of alkyl carbamates (subject to hydrolysis) is 1. The van der Waals surface area contributed by atoms with Crippen LogP contribution in [0.1, 0.15) is 101 Å². The highest BCUT2D eigenvalue weighted by atomic mass is 16.7. The van der Waals surface area contributed by atoms with Crippen molar-refractivity contribution in [2.24, 2.45) is 29.1 Å². The zero-order valence-electron chi connectivity index (χ0n) is 27.2. The molecule has 5 aliphatic rings. The van der Waals surface area contributed by atoms with Crippen molar-refractivity contribution < 1.29 is 33.2 Å². The standard InChI is InChI=1S/C31H52BN3O7/c1-17(2)25(32-41-24-16-20-15-23(30(20,8)9)31(24,10)42-32)34-26(37)21-12-11-13-35(21)27(38)18(3)14-22(36)19(4)33-28(39)40-29(5,6)7/h17-21,23-25H,11-16H2,1-10H3,(H,33,39)(H,34,37). The summed E-state index contributed by atoms with van der Waals surface area (Å²) in [4.78, 5) is 53.6. The number of hydrogen-bond donors (Lipinski definition) is 2. The molecule has 0 radical (unpaired) electrons. The molecule has 5 fully saturated rings. The van der Waals surface area contributed by atoms with E-state index in [4.69, 9.17) is 14.0 Å². The van der Waals surface area contributed by atoms with Crippen molar-refractivity contribution in [3.63, 3.8) is 0 Å². The zero-order valence-corrected chi connectivity index (χ0v) is 27.2. The van der Waals surface area contributed by atoms with E-state index in [2.05, 4.69) is 31.4 Å². The molecule has 236 valence electrons. The average molecular weight is 590 g/mol. The lowest BCUT2D eigenvalue weighted by molar-refractivity contribution is -0.199. The number of Topliss-reactive ketones (excluding diaryl/α,β-unsaturated/α-hetero) is 1. The van der Waals surface area contributed by atoms with Gasteiger partial charge in [0.15, 0.2) is 5.78 Å². The Hall–Kier alpha value is -2.14. The third-order valence-corrected chi connectivity index (χ3v) is 10.3. The van der Waals surface area contributed by atoms with E-state index < -0.39 is 36.8 Å². The maximum atomic E-state index is 13.6. The van der Waals surface area contributed by atoms with Crippen molar-refractivity contribution in [2.45, 2.75) is 137 Å². The minimum Gasteiger partial charge on any atom is -0.444 e. The number of hydrogen-bond acceptors (Lipinski definition) is 7. The van der Waals surface area contributed by atoms with E-state index in [-0.39, 0.29) is 53.0 Å². The van der Waals surface area contributed by atoms with Crippen LogP contribution in [0.2, 0.25) is 0 Å². The predicted octanol–water partition coefficient (Wildman–Crippen LogP) is 3.89. The maximum Gasteiger partial charge on any atom is 0.481 e. The molecule has 0 aromatic rings. The monoisotopic (exact) mass is 589 g/mol. The molecule has 0 spiro atoms. The van der Waals surface area contributed by atoms with E-state index >= 15 is 0 Å². The lowest BCUT2D eigenvalue weighted by atomic mass is 9.43. The summed E-state index contributed by atoms with van der Waals surface area (Å²) in [5.41, 5.74) is -0.820. The number of nitrogens with one attached hydrogen (secondary N) is 2. The van der Waals surface area contributed by atoms with E-state index in [1.807, 2.05) is 13.8 Å². The second-order valence-corrected chi connectivity index (χ2v) is 15.2. The van der Waals surface area contributed by atoms with Crippen molar-refractivity contribution in [1.82, 2.24) is 15.5 Å². The van der Waals surface area contributed by atoms with Crippen LogP contribution in [0.3, 0.4) is 0 Å². The van der Waals surface area contributed by atoms with Crippen LogP contribution < -0.4 is 10.6 Å². The molecule has 11 heteroatoms. The number of ketones is 1. The normalized spacial score (nSPS) is 32.0. The van der Waals surface area contributed by atoms with Crippen molar-refractivity contribution in [3.05, 3.63) is 0 Å². The second kappa shape index (κ2) is 11.7. The molecule has 0 aromatic carbocycles. The predicted molar refractivity (Wildman–Crippen MR) is 159 cm³/mol. The number of nitrogens with zero attached hydrogens (tertiary/aromatic N) is 1. The fourth-order valence-electron chi connectivity index (χ4n) is 7.58. The first-order valence-corrected chi connectivity index (χ1v) is 15.8. The largest absolute Gasteiger partial charge is 0.481 e. The molecule has 3 aliphatic carbocycles. The quantitative estimate of drug-likeness (QED) is 0.391. The molecule has 2 saturated heterocycles. The van der Waals surface area contributed by atoms with Crippen LogP contribution in [0.4, 0.5) is 4.79 Å². The number of carbonyl (C=O) groups excluding carboxylic acids is 4. The van der Waals surface area contributed by atoms with Gasteiger partial charge >= 0.3 is 13.2 Å². The Morgan fingerprint density at radius 3 is 2.31 bits per heavy atom. The Balaban J connectivity index is 1.34. The highest BCUT2D eigenvalue weighted by molar-refractivity contribution is 6.48. The number of carbonyl (C=O) groups is 4. The fraction of sp³-hybridized carbons (Fsp3) is 0.871. The smallest absolute Gasteiger partial charge is 0.444 e. The van der Waals surface area contributed by atoms with Gasteiger partial charge in [0.1, 0.15) is 11.6 Å². The van der Waals surface area contributed by atoms with Crippen molar-refractivity contribution >= 4 is 30.8 Å². The fourth-order valence-corrected chi connectivity index (χ4v) is 7.58. The molecule has 2 bridgehead atoms. The summed E-state index contributed by atoms with van der Waals surface area (Å²) in [6.45, 7) is 19.9. The minimum absolute atomic E-state index is 0.0209. The van der Waals surface area contributed by atoms with Crippen LogP contribution in [0.25, 0.3) is 0 Å². The Kier molecular flexibility index (Phi) is 9.17. The topological polar surface area (TPSA) is 123 Å². The SMILES string of the molecule is CC(CC(=O)C(C)NC(=O)OC(C)(C)C)C(=O)N1CCCC1C(=O)NC(B1OC2CC3CC(C3(C)C)C2(C)O1)C(C)C. The van der Waals surface area contributed by atoms with Crippen LogP contribution >= 0.6 is 0 Å². The summed E-state index contributed by atoms with van der Waals surface area (Å²) in [6.07, 6.45) is 2.70. The summed E-state index contributed by atoms with van der Waals surface area (Å²) in [5, 5.41) is 5.73. The summed E-state index contributed by atoms with van der Waals surface area (Å²) in [6, 6.07) is -1.41. The zero-order chi connectivity index (χ0) is 31.4. The molecule has 42 heavy (non-hydrogen) atoms. The van der Waals surface area contributed by atoms with Crippen LogP contribution in [-0.2, 0) is 28.4 Å². The average Bonchev–Trinajstić information content (AvgIpc) is 3.49. The number of amides is 3. The van der Waals surface area contributed by atoms with Gasteiger partial charge in [-0.3, -0.25) is 14.4 Å². The van der Waals surface area contributed by atoms with E-state index in [1.165, 1.54) is 0 Å². The Labute approximate surface area is 251 Å². The van der Waals surface area contributed by atoms with Gasteiger partial charge in [-0.1, -0.05) is 34.6 Å². The van der Waals surface area contributed by atoms with Gasteiger partial charge in [0, 0.05) is 18.9 Å². The van der Waals surface area contributed by atoms with Gasteiger partial charge in [-0.2, -0.15) is 0 Å². The molecule has 8 atom stereocenters. The van der Waals surface area contributed by atoms with E-state index in [1.54, 1.807) is 39.5 Å². The summed E-state index contributed by atoms with van der Waals surface area (Å²) in [5.74, 6) is -0.573. The Morgan fingerprint density at radius 1 is 1.05 bits per heavy atom. The molecule has 2 N–H and O–H groups in total. The Morgan fingerprint density at radius 2 is 1.71 bits per heavy atom. The van der Waals surface area contributed by atoms with Crippen LogP contribution in [0, 0.1) is 29.1 Å². The van der Waals surface area contributed by atoms with E-state index in [0.29, 0.717) is 31.2 Å². The van der Waals surface area contributed by atoms with Gasteiger partial charge < -0.3 is 29.6 Å². The third kappa shape index (κ3) is 6.37. The van der Waals surface area contributed by atoms with Crippen LogP contribution in [0.15, 0.2) is 0 Å². The van der Waals surface area contributed by atoms with Crippen molar-refractivity contribution in [3.8, 4) is 0 Å². The molecule has 10 nitrogen and oxygen atoms in total. The molecular formula is C31H52BN3O7. The van der Waals surface area contributed by atoms with E-state index in [9.17, 15) is 19.2 Å². The van der Waals surface area contributed by atoms with Gasteiger partial charge in [-0.05, 0) is 83.5 Å². The Bertz CT molecular complexity index is 1080. The minimum atomic E-state index is -0.798. The van der Waals surface area contributed by atoms with Gasteiger partial charge in [-0.25, -0.2) is 4.79 Å². The molecule has 3 saturated carbocycles. The van der Waals surface area contributed by atoms with Crippen molar-refractivity contribution in [1.29, 1.82) is 0 Å².